The van der Waals surface area contributed by atoms with Gasteiger partial charge in [0.05, 0.1) is 0 Å². The number of fused-ring (bicyclic) bond motifs is 1. The predicted molar refractivity (Wildman–Crippen MR) is 58.9 cm³/mol. The van der Waals surface area contributed by atoms with Crippen LogP contribution in [0.15, 0.2) is 30.6 Å². The quantitative estimate of drug-likeness (QED) is 0.589. The molecule has 0 fully saturated rings. The first-order chi connectivity index (χ1) is 5.79. The lowest BCUT2D eigenvalue weighted by molar-refractivity contribution is 1.36. The van der Waals surface area contributed by atoms with Gasteiger partial charge >= 0.3 is 0 Å². The van der Waals surface area contributed by atoms with Crippen LogP contribution in [-0.4, -0.2) is 4.98 Å². The zero-order chi connectivity index (χ0) is 8.55. The highest BCUT2D eigenvalue weighted by molar-refractivity contribution is 14.1. The summed E-state index contributed by atoms with van der Waals surface area (Å²) >= 11 is 2.25. The summed E-state index contributed by atoms with van der Waals surface area (Å²) in [5.74, 6) is 0. The highest BCUT2D eigenvalue weighted by Gasteiger charge is 2.00. The molecule has 1 aromatic carbocycles. The Morgan fingerprint density at radius 1 is 1.25 bits per heavy atom. The fraction of sp³-hybridized carbons (Fsp3) is 0. The van der Waals surface area contributed by atoms with Crippen LogP contribution in [0.2, 0.25) is 0 Å². The highest BCUT2D eigenvalue weighted by Crippen LogP contribution is 2.24. The summed E-state index contributed by atoms with van der Waals surface area (Å²) in [5, 5.41) is 2.31. The summed E-state index contributed by atoms with van der Waals surface area (Å²) in [7, 11) is 0. The zero-order valence-corrected chi connectivity index (χ0v) is 8.45. The van der Waals surface area contributed by atoms with E-state index >= 15 is 0 Å². The summed E-state index contributed by atoms with van der Waals surface area (Å²) in [6.07, 6.45) is 3.63. The molecule has 0 atom stereocenters. The van der Waals surface area contributed by atoms with E-state index in [0.29, 0.717) is 0 Å². The molecule has 0 saturated heterocycles. The smallest absolute Gasteiger partial charge is 0.0456 e. The summed E-state index contributed by atoms with van der Waals surface area (Å²) < 4.78 is 1.10. The molecule has 1 heterocycles. The Balaban J connectivity index is 2.91. The molecule has 0 spiro atoms. The van der Waals surface area contributed by atoms with Gasteiger partial charge in [0.2, 0.25) is 0 Å². The molecule has 0 aliphatic carbocycles. The molecule has 12 heavy (non-hydrogen) atoms. The van der Waals surface area contributed by atoms with Crippen LogP contribution in [0.4, 0.5) is 5.69 Å². The van der Waals surface area contributed by atoms with Gasteiger partial charge in [-0.25, -0.2) is 0 Å². The third-order valence-electron chi connectivity index (χ3n) is 1.78. The van der Waals surface area contributed by atoms with Gasteiger partial charge in [-0.05, 0) is 34.7 Å². The average molecular weight is 270 g/mol. The Bertz CT molecular complexity index is 426. The standard InChI is InChI=1S/C9H7IN2/c10-9-7-3-4-12-5-6(7)1-2-8(9)11/h1-5H,11H2. The predicted octanol–water partition coefficient (Wildman–Crippen LogP) is 2.42. The maximum absolute atomic E-state index is 5.76. The second-order valence-corrected chi connectivity index (χ2v) is 3.64. The number of rotatable bonds is 0. The molecule has 0 bridgehead atoms. The SMILES string of the molecule is Nc1ccc2cnccc2c1I. The molecule has 0 aliphatic rings. The number of halogens is 1. The van der Waals surface area contributed by atoms with Crippen molar-refractivity contribution in [2.24, 2.45) is 0 Å². The molecule has 2 nitrogen and oxygen atoms in total. The molecule has 2 N–H and O–H groups in total. The Morgan fingerprint density at radius 3 is 2.92 bits per heavy atom. The second-order valence-electron chi connectivity index (χ2n) is 2.57. The van der Waals surface area contributed by atoms with Crippen LogP contribution in [0.1, 0.15) is 0 Å². The number of pyridine rings is 1. The first kappa shape index (κ1) is 7.79. The second kappa shape index (κ2) is 2.90. The van der Waals surface area contributed by atoms with Crippen LogP contribution in [0.25, 0.3) is 10.8 Å². The molecule has 3 heteroatoms. The fourth-order valence-electron chi connectivity index (χ4n) is 1.15. The van der Waals surface area contributed by atoms with Crippen LogP contribution < -0.4 is 5.73 Å². The van der Waals surface area contributed by atoms with Gasteiger partial charge in [0.1, 0.15) is 0 Å². The lowest BCUT2D eigenvalue weighted by atomic mass is 10.2. The van der Waals surface area contributed by atoms with E-state index in [1.165, 1.54) is 5.39 Å². The van der Waals surface area contributed by atoms with Crippen molar-refractivity contribution in [2.75, 3.05) is 5.73 Å². The van der Waals surface area contributed by atoms with Crippen LogP contribution in [-0.2, 0) is 0 Å². The fourth-order valence-corrected chi connectivity index (χ4v) is 1.82. The van der Waals surface area contributed by atoms with Crippen molar-refractivity contribution in [2.45, 2.75) is 0 Å². The third-order valence-corrected chi connectivity index (χ3v) is 2.99. The average Bonchev–Trinajstić information content (AvgIpc) is 2.12. The van der Waals surface area contributed by atoms with Gasteiger partial charge in [-0.15, -0.1) is 0 Å². The van der Waals surface area contributed by atoms with Crippen LogP contribution in [0, 0.1) is 3.57 Å². The Labute approximate surface area is 83.9 Å². The van der Waals surface area contributed by atoms with E-state index in [-0.39, 0.29) is 0 Å². The minimum Gasteiger partial charge on any atom is -0.398 e. The zero-order valence-electron chi connectivity index (χ0n) is 6.29. The summed E-state index contributed by atoms with van der Waals surface area (Å²) in [4.78, 5) is 4.04. The maximum atomic E-state index is 5.76. The van der Waals surface area contributed by atoms with Gasteiger partial charge in [0, 0.05) is 32.4 Å². The Kier molecular flexibility index (Phi) is 1.88. The maximum Gasteiger partial charge on any atom is 0.0456 e. The van der Waals surface area contributed by atoms with Crippen molar-refractivity contribution in [3.8, 4) is 0 Å². The van der Waals surface area contributed by atoms with Gasteiger partial charge in [0.25, 0.3) is 0 Å². The summed E-state index contributed by atoms with van der Waals surface area (Å²) in [6.45, 7) is 0. The first-order valence-electron chi connectivity index (χ1n) is 3.57. The number of hydrogen-bond acceptors (Lipinski definition) is 2. The van der Waals surface area contributed by atoms with E-state index < -0.39 is 0 Å². The van der Waals surface area contributed by atoms with Gasteiger partial charge in [-0.1, -0.05) is 6.07 Å². The summed E-state index contributed by atoms with van der Waals surface area (Å²) in [6, 6.07) is 5.87. The van der Waals surface area contributed by atoms with Crippen LogP contribution >= 0.6 is 22.6 Å². The number of hydrogen-bond donors (Lipinski definition) is 1. The number of nitrogen functional groups attached to an aromatic ring is 1. The summed E-state index contributed by atoms with van der Waals surface area (Å²) in [5.41, 5.74) is 6.59. The molecule has 0 unspecified atom stereocenters. The van der Waals surface area contributed by atoms with Gasteiger partial charge in [-0.2, -0.15) is 0 Å². The molecule has 1 aromatic heterocycles. The van der Waals surface area contributed by atoms with E-state index in [4.69, 9.17) is 5.73 Å². The Hall–Kier alpha value is -0.840. The normalized spacial score (nSPS) is 10.4. The number of anilines is 1. The number of nitrogens with zero attached hydrogens (tertiary/aromatic N) is 1. The molecular weight excluding hydrogens is 263 g/mol. The lowest BCUT2D eigenvalue weighted by Gasteiger charge is -2.01. The third kappa shape index (κ3) is 1.14. The first-order valence-corrected chi connectivity index (χ1v) is 4.64. The molecule has 2 rings (SSSR count). The molecule has 0 amide bonds. The number of nitrogens with two attached hydrogens (primary N) is 1. The highest BCUT2D eigenvalue weighted by atomic mass is 127. The Morgan fingerprint density at radius 2 is 2.08 bits per heavy atom. The van der Waals surface area contributed by atoms with E-state index in [1.807, 2.05) is 24.4 Å². The van der Waals surface area contributed by atoms with Crippen LogP contribution in [0.3, 0.4) is 0 Å². The van der Waals surface area contributed by atoms with Gasteiger partial charge in [-0.3, -0.25) is 4.98 Å². The van der Waals surface area contributed by atoms with Gasteiger partial charge < -0.3 is 5.73 Å². The van der Waals surface area contributed by atoms with E-state index in [1.54, 1.807) is 6.20 Å². The minimum absolute atomic E-state index is 0.828. The van der Waals surface area contributed by atoms with Crippen molar-refractivity contribution in [1.29, 1.82) is 0 Å². The van der Waals surface area contributed by atoms with E-state index in [2.05, 4.69) is 27.6 Å². The number of benzene rings is 1. The van der Waals surface area contributed by atoms with E-state index in [0.717, 1.165) is 14.6 Å². The van der Waals surface area contributed by atoms with Crippen LogP contribution in [0.5, 0.6) is 0 Å². The van der Waals surface area contributed by atoms with Crippen molar-refractivity contribution in [1.82, 2.24) is 4.98 Å². The van der Waals surface area contributed by atoms with Crippen molar-refractivity contribution < 1.29 is 0 Å². The van der Waals surface area contributed by atoms with E-state index in [9.17, 15) is 0 Å². The lowest BCUT2D eigenvalue weighted by Crippen LogP contribution is -1.89. The molecule has 0 aliphatic heterocycles. The molecular formula is C9H7IN2. The minimum atomic E-state index is 0.828. The molecule has 2 aromatic rings. The largest absolute Gasteiger partial charge is 0.398 e. The molecule has 0 saturated carbocycles. The van der Waals surface area contributed by atoms with Crippen molar-refractivity contribution in [3.05, 3.63) is 34.2 Å². The van der Waals surface area contributed by atoms with Crippen molar-refractivity contribution >= 4 is 39.1 Å². The van der Waals surface area contributed by atoms with Crippen molar-refractivity contribution in [3.63, 3.8) is 0 Å². The molecule has 60 valence electrons. The number of aromatic nitrogens is 1. The topological polar surface area (TPSA) is 38.9 Å². The monoisotopic (exact) mass is 270 g/mol. The van der Waals surface area contributed by atoms with Gasteiger partial charge in [0.15, 0.2) is 0 Å². The molecule has 0 radical (unpaired) electrons.